The van der Waals surface area contributed by atoms with Crippen molar-refractivity contribution in [3.63, 3.8) is 0 Å². The third kappa shape index (κ3) is 3.73. The zero-order valence-corrected chi connectivity index (χ0v) is 12.2. The predicted molar refractivity (Wildman–Crippen MR) is 82.6 cm³/mol. The van der Waals surface area contributed by atoms with Crippen LogP contribution in [-0.4, -0.2) is 18.1 Å². The van der Waals surface area contributed by atoms with Crippen LogP contribution in [-0.2, 0) is 0 Å². The zero-order chi connectivity index (χ0) is 14.4. The third-order valence-electron chi connectivity index (χ3n) is 4.44. The first kappa shape index (κ1) is 14.9. The normalized spacial score (nSPS) is 26.0. The highest BCUT2D eigenvalue weighted by Gasteiger charge is 2.34. The van der Waals surface area contributed by atoms with Gasteiger partial charge in [-0.15, -0.1) is 0 Å². The van der Waals surface area contributed by atoms with E-state index in [9.17, 15) is 4.79 Å². The molecule has 4 nitrogen and oxygen atoms in total. The summed E-state index contributed by atoms with van der Waals surface area (Å²) in [5, 5.41) is 5.97. The van der Waals surface area contributed by atoms with Crippen LogP contribution in [0.5, 0.6) is 0 Å². The second kappa shape index (κ2) is 6.75. The van der Waals surface area contributed by atoms with Crippen molar-refractivity contribution in [1.82, 2.24) is 5.32 Å². The topological polar surface area (TPSA) is 67.1 Å². The first-order chi connectivity index (χ1) is 9.67. The van der Waals surface area contributed by atoms with Crippen molar-refractivity contribution >= 4 is 11.7 Å². The Bertz CT molecular complexity index is 425. The summed E-state index contributed by atoms with van der Waals surface area (Å²) in [4.78, 5) is 12.1. The van der Waals surface area contributed by atoms with E-state index in [0.29, 0.717) is 6.54 Å². The number of amides is 2. The van der Waals surface area contributed by atoms with Crippen LogP contribution in [0.25, 0.3) is 0 Å². The minimum absolute atomic E-state index is 0.156. The average Bonchev–Trinajstić information content (AvgIpc) is 2.49. The van der Waals surface area contributed by atoms with E-state index in [2.05, 4.69) is 17.6 Å². The molecule has 110 valence electrons. The molecule has 4 N–H and O–H groups in total. The number of carbonyl (C=O) groups is 1. The minimum atomic E-state index is -0.232. The first-order valence-corrected chi connectivity index (χ1v) is 7.52. The summed E-state index contributed by atoms with van der Waals surface area (Å²) in [6.07, 6.45) is 5.48. The number of anilines is 1. The largest absolute Gasteiger partial charge is 0.331 e. The fraction of sp³-hybridized carbons (Fsp3) is 0.562. The van der Waals surface area contributed by atoms with Gasteiger partial charge in [0.05, 0.1) is 5.54 Å². The summed E-state index contributed by atoms with van der Waals surface area (Å²) in [5.74, 6) is 0.786. The van der Waals surface area contributed by atoms with Crippen LogP contribution in [0.15, 0.2) is 30.3 Å². The fourth-order valence-corrected chi connectivity index (χ4v) is 2.94. The van der Waals surface area contributed by atoms with Crippen LogP contribution in [0.1, 0.15) is 39.0 Å². The summed E-state index contributed by atoms with van der Waals surface area (Å²) >= 11 is 0. The van der Waals surface area contributed by atoms with E-state index < -0.39 is 0 Å². The molecule has 0 radical (unpaired) electrons. The molecule has 0 saturated heterocycles. The smallest absolute Gasteiger partial charge is 0.319 e. The van der Waals surface area contributed by atoms with E-state index in [1.807, 2.05) is 30.3 Å². The second-order valence-electron chi connectivity index (χ2n) is 5.78. The van der Waals surface area contributed by atoms with E-state index in [-0.39, 0.29) is 11.6 Å². The number of hydrogen-bond acceptors (Lipinski definition) is 2. The number of carbonyl (C=O) groups excluding carboxylic acids is 1. The Hall–Kier alpha value is -1.55. The maximum atomic E-state index is 12.1. The first-order valence-electron chi connectivity index (χ1n) is 7.52. The summed E-state index contributed by atoms with van der Waals surface area (Å²) in [5.41, 5.74) is 6.50. The quantitative estimate of drug-likeness (QED) is 0.790. The van der Waals surface area contributed by atoms with Crippen LogP contribution in [0, 0.1) is 5.92 Å². The van der Waals surface area contributed by atoms with Gasteiger partial charge in [0.15, 0.2) is 0 Å². The molecular formula is C16H25N3O. The van der Waals surface area contributed by atoms with E-state index in [1.54, 1.807) is 0 Å². The summed E-state index contributed by atoms with van der Waals surface area (Å²) < 4.78 is 0. The van der Waals surface area contributed by atoms with E-state index in [1.165, 1.54) is 6.42 Å². The van der Waals surface area contributed by atoms with Gasteiger partial charge in [-0.1, -0.05) is 31.5 Å². The number of benzene rings is 1. The van der Waals surface area contributed by atoms with Gasteiger partial charge in [0, 0.05) is 12.2 Å². The van der Waals surface area contributed by atoms with Crippen LogP contribution in [0.2, 0.25) is 0 Å². The number of para-hydroxylation sites is 1. The third-order valence-corrected chi connectivity index (χ3v) is 4.44. The van der Waals surface area contributed by atoms with Gasteiger partial charge in [-0.2, -0.15) is 0 Å². The highest BCUT2D eigenvalue weighted by molar-refractivity contribution is 5.89. The molecule has 0 bridgehead atoms. The van der Waals surface area contributed by atoms with Gasteiger partial charge in [-0.3, -0.25) is 0 Å². The summed E-state index contributed by atoms with van der Waals surface area (Å²) in [6.45, 7) is 2.74. The van der Waals surface area contributed by atoms with Crippen molar-refractivity contribution in [2.24, 2.45) is 11.7 Å². The molecule has 1 fully saturated rings. The lowest BCUT2D eigenvalue weighted by Gasteiger charge is -2.39. The lowest BCUT2D eigenvalue weighted by Crippen LogP contribution is -2.56. The molecular weight excluding hydrogens is 250 g/mol. The molecule has 0 atom stereocenters. The summed E-state index contributed by atoms with van der Waals surface area (Å²) in [6, 6.07) is 9.33. The van der Waals surface area contributed by atoms with Crippen molar-refractivity contribution < 1.29 is 4.79 Å². The van der Waals surface area contributed by atoms with Gasteiger partial charge in [-0.25, -0.2) is 4.79 Å². The van der Waals surface area contributed by atoms with E-state index >= 15 is 0 Å². The molecule has 1 aliphatic rings. The number of nitrogens with two attached hydrogens (primary N) is 1. The van der Waals surface area contributed by atoms with Crippen molar-refractivity contribution in [2.75, 3.05) is 11.9 Å². The van der Waals surface area contributed by atoms with Gasteiger partial charge in [0.1, 0.15) is 0 Å². The van der Waals surface area contributed by atoms with Crippen molar-refractivity contribution in [3.8, 4) is 0 Å². The Morgan fingerprint density at radius 1 is 1.30 bits per heavy atom. The highest BCUT2D eigenvalue weighted by Crippen LogP contribution is 2.33. The SMILES string of the molecule is CCC1CCC(CN)(NC(=O)Nc2ccccc2)CC1. The lowest BCUT2D eigenvalue weighted by atomic mass is 9.75. The number of urea groups is 1. The van der Waals surface area contributed by atoms with Crippen LogP contribution in [0.3, 0.4) is 0 Å². The summed E-state index contributed by atoms with van der Waals surface area (Å²) in [7, 11) is 0. The molecule has 0 unspecified atom stereocenters. The van der Waals surface area contributed by atoms with Gasteiger partial charge in [0.25, 0.3) is 0 Å². The van der Waals surface area contributed by atoms with Crippen LogP contribution < -0.4 is 16.4 Å². The Kier molecular flexibility index (Phi) is 5.01. The molecule has 0 spiro atoms. The maximum Gasteiger partial charge on any atom is 0.319 e. The Balaban J connectivity index is 1.91. The fourth-order valence-electron chi connectivity index (χ4n) is 2.94. The molecule has 1 aromatic carbocycles. The molecule has 0 aromatic heterocycles. The monoisotopic (exact) mass is 275 g/mol. The van der Waals surface area contributed by atoms with Gasteiger partial charge in [-0.05, 0) is 43.7 Å². The Morgan fingerprint density at radius 3 is 2.50 bits per heavy atom. The molecule has 1 aliphatic carbocycles. The molecule has 4 heteroatoms. The minimum Gasteiger partial charge on any atom is -0.331 e. The number of rotatable bonds is 4. The molecule has 2 amide bonds. The highest BCUT2D eigenvalue weighted by atomic mass is 16.2. The maximum absolute atomic E-state index is 12.1. The number of hydrogen-bond donors (Lipinski definition) is 3. The standard InChI is InChI=1S/C16H25N3O/c1-2-13-8-10-16(12-17,11-9-13)19-15(20)18-14-6-4-3-5-7-14/h3-7,13H,2,8-12,17H2,1H3,(H2,18,19,20). The van der Waals surface area contributed by atoms with Gasteiger partial charge >= 0.3 is 6.03 Å². The number of nitrogens with one attached hydrogen (secondary N) is 2. The van der Waals surface area contributed by atoms with E-state index in [4.69, 9.17) is 5.73 Å². The molecule has 1 saturated carbocycles. The van der Waals surface area contributed by atoms with Gasteiger partial charge < -0.3 is 16.4 Å². The Labute approximate surface area is 121 Å². The molecule has 2 rings (SSSR count). The van der Waals surface area contributed by atoms with Crippen molar-refractivity contribution in [2.45, 2.75) is 44.6 Å². The van der Waals surface area contributed by atoms with Crippen LogP contribution >= 0.6 is 0 Å². The molecule has 20 heavy (non-hydrogen) atoms. The van der Waals surface area contributed by atoms with Gasteiger partial charge in [0.2, 0.25) is 0 Å². The molecule has 0 aliphatic heterocycles. The Morgan fingerprint density at radius 2 is 1.95 bits per heavy atom. The van der Waals surface area contributed by atoms with Crippen molar-refractivity contribution in [1.29, 1.82) is 0 Å². The van der Waals surface area contributed by atoms with Crippen LogP contribution in [0.4, 0.5) is 10.5 Å². The second-order valence-corrected chi connectivity index (χ2v) is 5.78. The lowest BCUT2D eigenvalue weighted by molar-refractivity contribution is 0.189. The van der Waals surface area contributed by atoms with Crippen molar-refractivity contribution in [3.05, 3.63) is 30.3 Å². The average molecular weight is 275 g/mol. The predicted octanol–water partition coefficient (Wildman–Crippen LogP) is 3.11. The molecule has 1 aromatic rings. The van der Waals surface area contributed by atoms with E-state index in [0.717, 1.165) is 37.3 Å². The molecule has 0 heterocycles. The zero-order valence-electron chi connectivity index (χ0n) is 12.2.